The molecule has 3 heterocycles. The number of rotatable bonds is 51. The normalized spacial score (nSPS) is 28.8. The van der Waals surface area contributed by atoms with Crippen LogP contribution in [-0.2, 0) is 33.2 Å². The SMILES string of the molecule is CC/C=C\C/C=C\C/C=C\C/C=C\C/C=C\C/C=C\CCCCC(=O)NC(COC1OC(CO)C(OC2OC(CO)C(OC3OC(CO)C(O)C(O)C3O)C(O)C2O)C(O)C1O)C(O)/C=C/CCCCCCCCCCCCCCCCCCCCCCC. The number of nitrogens with one attached hydrogen (secondary N) is 1. The molecule has 89 heavy (non-hydrogen) atoms. The Morgan fingerprint density at radius 2 is 0.775 bits per heavy atom. The van der Waals surface area contributed by atoms with Gasteiger partial charge in [0.2, 0.25) is 5.91 Å². The van der Waals surface area contributed by atoms with E-state index in [-0.39, 0.29) is 18.9 Å². The molecule has 19 nitrogen and oxygen atoms in total. The second-order valence-corrected chi connectivity index (χ2v) is 24.3. The van der Waals surface area contributed by atoms with Crippen molar-refractivity contribution in [1.29, 1.82) is 0 Å². The highest BCUT2D eigenvalue weighted by atomic mass is 16.8. The number of unbranched alkanes of at least 4 members (excludes halogenated alkanes) is 23. The predicted molar refractivity (Wildman–Crippen MR) is 346 cm³/mol. The van der Waals surface area contributed by atoms with E-state index in [2.05, 4.69) is 92.1 Å². The molecule has 3 aliphatic heterocycles. The maximum Gasteiger partial charge on any atom is 0.220 e. The number of aliphatic hydroxyl groups excluding tert-OH is 11. The first-order valence-electron chi connectivity index (χ1n) is 34.3. The fourth-order valence-electron chi connectivity index (χ4n) is 11.1. The van der Waals surface area contributed by atoms with Gasteiger partial charge in [0.1, 0.15) is 73.2 Å². The lowest BCUT2D eigenvalue weighted by Crippen LogP contribution is -2.66. The molecule has 0 aliphatic carbocycles. The summed E-state index contributed by atoms with van der Waals surface area (Å²) in [5, 5.41) is 120. The van der Waals surface area contributed by atoms with Crippen molar-refractivity contribution in [3.8, 4) is 0 Å². The molecule has 0 aromatic rings. The highest BCUT2D eigenvalue weighted by molar-refractivity contribution is 5.76. The molecule has 0 saturated carbocycles. The lowest BCUT2D eigenvalue weighted by molar-refractivity contribution is -0.379. The smallest absolute Gasteiger partial charge is 0.220 e. The highest BCUT2D eigenvalue weighted by Crippen LogP contribution is 2.33. The van der Waals surface area contributed by atoms with E-state index in [1.165, 1.54) is 116 Å². The minimum atomic E-state index is -1.99. The average molecular weight is 1260 g/mol. The molecule has 0 aromatic carbocycles. The van der Waals surface area contributed by atoms with Crippen LogP contribution in [0.3, 0.4) is 0 Å². The first-order valence-corrected chi connectivity index (χ1v) is 34.3. The molecule has 19 heteroatoms. The van der Waals surface area contributed by atoms with Crippen molar-refractivity contribution in [2.75, 3.05) is 26.4 Å². The van der Waals surface area contributed by atoms with E-state index in [4.69, 9.17) is 28.4 Å². The molecule has 3 rings (SSSR count). The van der Waals surface area contributed by atoms with Gasteiger partial charge in [-0.1, -0.05) is 227 Å². The molecular formula is C70H121NO18. The Hall–Kier alpha value is -3.03. The van der Waals surface area contributed by atoms with E-state index >= 15 is 0 Å². The summed E-state index contributed by atoms with van der Waals surface area (Å²) in [4.78, 5) is 13.4. The Bertz CT molecular complexity index is 1940. The molecule has 17 unspecified atom stereocenters. The third-order valence-corrected chi connectivity index (χ3v) is 16.7. The molecule has 17 atom stereocenters. The molecule has 0 bridgehead atoms. The summed E-state index contributed by atoms with van der Waals surface area (Å²) in [7, 11) is 0. The van der Waals surface area contributed by atoms with E-state index in [0.717, 1.165) is 77.0 Å². The van der Waals surface area contributed by atoms with Crippen molar-refractivity contribution in [3.63, 3.8) is 0 Å². The molecule has 0 spiro atoms. The number of hydrogen-bond acceptors (Lipinski definition) is 18. The number of allylic oxidation sites excluding steroid dienone is 13. The van der Waals surface area contributed by atoms with Crippen LogP contribution in [0.4, 0.5) is 0 Å². The zero-order chi connectivity index (χ0) is 64.7. The highest BCUT2D eigenvalue weighted by Gasteiger charge is 2.53. The Morgan fingerprint density at radius 1 is 0.416 bits per heavy atom. The topological polar surface area (TPSA) is 307 Å². The van der Waals surface area contributed by atoms with Crippen molar-refractivity contribution in [2.45, 2.75) is 324 Å². The standard InChI is InChI=1S/C70H121NO18/c1-3-5-7-9-11-13-15-17-19-21-23-25-26-28-29-31-33-35-37-39-41-43-45-47-54(75)53(71-58(76)48-46-44-42-40-38-36-34-32-30-27-24-22-20-18-16-14-12-10-8-6-4-2)52-84-68-64(82)61(79)66(56(50-73)86-68)89-70-65(83)62(80)67(57(51-74)87-70)88-69-63(81)60(78)59(77)55(49-72)85-69/h6,8,12,14,18,20,24,27,32,34,38,40,45,47,53-57,59-70,72-75,77-83H,3-5,7,9-11,13,15-17,19,21-23,25-26,28-31,33,35-37,39,41-44,46,48-52H2,1-2H3,(H,71,76)/b8-6-,14-12-,20-18-,27-24-,34-32-,40-38-,47-45+. The van der Waals surface area contributed by atoms with E-state index in [0.29, 0.717) is 6.42 Å². The van der Waals surface area contributed by atoms with Crippen molar-refractivity contribution in [2.24, 2.45) is 0 Å². The van der Waals surface area contributed by atoms with Crippen LogP contribution in [0.15, 0.2) is 85.1 Å². The summed E-state index contributed by atoms with van der Waals surface area (Å²) < 4.78 is 34.3. The first kappa shape index (κ1) is 80.2. The van der Waals surface area contributed by atoms with Gasteiger partial charge in [-0.2, -0.15) is 0 Å². The monoisotopic (exact) mass is 1260 g/mol. The zero-order valence-corrected chi connectivity index (χ0v) is 54.1. The first-order chi connectivity index (χ1) is 43.3. The second kappa shape index (κ2) is 51.4. The number of hydrogen-bond donors (Lipinski definition) is 12. The summed E-state index contributed by atoms with van der Waals surface area (Å²) in [6.45, 7) is 1.59. The van der Waals surface area contributed by atoms with Gasteiger partial charge in [-0.15, -0.1) is 0 Å². The average Bonchev–Trinajstić information content (AvgIpc) is 1.93. The summed E-state index contributed by atoms with van der Waals surface area (Å²) in [6.07, 6.45) is 38.4. The zero-order valence-electron chi connectivity index (χ0n) is 54.1. The van der Waals surface area contributed by atoms with Gasteiger partial charge in [0.25, 0.3) is 0 Å². The van der Waals surface area contributed by atoms with Crippen LogP contribution in [0.1, 0.15) is 219 Å². The maximum absolute atomic E-state index is 13.4. The van der Waals surface area contributed by atoms with Crippen LogP contribution in [0.2, 0.25) is 0 Å². The van der Waals surface area contributed by atoms with Gasteiger partial charge in [0, 0.05) is 6.42 Å². The van der Waals surface area contributed by atoms with Gasteiger partial charge in [-0.3, -0.25) is 4.79 Å². The minimum absolute atomic E-state index is 0.184. The van der Waals surface area contributed by atoms with Crippen molar-refractivity contribution in [1.82, 2.24) is 5.32 Å². The Morgan fingerprint density at radius 3 is 1.21 bits per heavy atom. The molecule has 3 aliphatic rings. The van der Waals surface area contributed by atoms with Gasteiger partial charge in [-0.25, -0.2) is 0 Å². The molecule has 3 saturated heterocycles. The second-order valence-electron chi connectivity index (χ2n) is 24.3. The van der Waals surface area contributed by atoms with Crippen molar-refractivity contribution in [3.05, 3.63) is 85.1 Å². The van der Waals surface area contributed by atoms with Gasteiger partial charge in [0.15, 0.2) is 18.9 Å². The van der Waals surface area contributed by atoms with Gasteiger partial charge >= 0.3 is 0 Å². The van der Waals surface area contributed by atoms with Crippen LogP contribution < -0.4 is 5.32 Å². The third kappa shape index (κ3) is 33.6. The maximum atomic E-state index is 13.4. The lowest BCUT2D eigenvalue weighted by atomic mass is 9.96. The number of carbonyl (C=O) groups excluding carboxylic acids is 1. The molecule has 514 valence electrons. The van der Waals surface area contributed by atoms with Gasteiger partial charge in [0.05, 0.1) is 38.6 Å². The van der Waals surface area contributed by atoms with E-state index in [9.17, 15) is 61.0 Å². The summed E-state index contributed by atoms with van der Waals surface area (Å²) >= 11 is 0. The number of ether oxygens (including phenoxy) is 6. The summed E-state index contributed by atoms with van der Waals surface area (Å²) in [5.74, 6) is -0.319. The largest absolute Gasteiger partial charge is 0.394 e. The van der Waals surface area contributed by atoms with Crippen LogP contribution >= 0.6 is 0 Å². The summed E-state index contributed by atoms with van der Waals surface area (Å²) in [5.41, 5.74) is 0. The quantitative estimate of drug-likeness (QED) is 0.0200. The van der Waals surface area contributed by atoms with Gasteiger partial charge < -0.3 is 89.9 Å². The van der Waals surface area contributed by atoms with Crippen LogP contribution in [0.25, 0.3) is 0 Å². The number of aliphatic hydroxyl groups is 11. The van der Waals surface area contributed by atoms with E-state index in [1.54, 1.807) is 6.08 Å². The molecular weight excluding hydrogens is 1140 g/mol. The number of carbonyl (C=O) groups is 1. The van der Waals surface area contributed by atoms with Crippen LogP contribution in [0.5, 0.6) is 0 Å². The third-order valence-electron chi connectivity index (χ3n) is 16.7. The van der Waals surface area contributed by atoms with Crippen molar-refractivity contribution >= 4 is 5.91 Å². The number of amides is 1. The fourth-order valence-corrected chi connectivity index (χ4v) is 11.1. The Kier molecular flexibility index (Phi) is 46.3. The molecule has 0 aromatic heterocycles. The molecule has 12 N–H and O–H groups in total. The van der Waals surface area contributed by atoms with Crippen LogP contribution in [-0.4, -0.2) is 193 Å². The fraction of sp³-hybridized carbons (Fsp3) is 0.786. The predicted octanol–water partition coefficient (Wildman–Crippen LogP) is 8.71. The van der Waals surface area contributed by atoms with Crippen molar-refractivity contribution < 1.29 is 89.4 Å². The summed E-state index contributed by atoms with van der Waals surface area (Å²) in [6, 6.07) is -1.00. The molecule has 0 radical (unpaired) electrons. The van der Waals surface area contributed by atoms with Gasteiger partial charge in [-0.05, 0) is 70.6 Å². The minimum Gasteiger partial charge on any atom is -0.394 e. The van der Waals surface area contributed by atoms with Crippen LogP contribution in [0, 0.1) is 0 Å². The lowest BCUT2D eigenvalue weighted by Gasteiger charge is -2.48. The van der Waals surface area contributed by atoms with E-state index < -0.39 is 124 Å². The molecule has 3 fully saturated rings. The van der Waals surface area contributed by atoms with E-state index in [1.807, 2.05) is 6.08 Å². The Labute approximate surface area is 533 Å². The Balaban J connectivity index is 1.47. The molecule has 1 amide bonds.